The number of anilines is 1. The lowest BCUT2D eigenvalue weighted by Gasteiger charge is -2.05. The topological polar surface area (TPSA) is 42.2 Å². The lowest BCUT2D eigenvalue weighted by molar-refractivity contribution is 0.102. The molecule has 0 spiro atoms. The zero-order valence-corrected chi connectivity index (χ0v) is 14.2. The minimum atomic E-state index is -0.154. The van der Waals surface area contributed by atoms with E-state index in [-0.39, 0.29) is 5.91 Å². The third-order valence-corrected chi connectivity index (χ3v) is 4.12. The van der Waals surface area contributed by atoms with Crippen molar-refractivity contribution in [2.24, 2.45) is 0 Å². The minimum Gasteiger partial charge on any atom is -0.461 e. The van der Waals surface area contributed by atoms with Crippen molar-refractivity contribution in [2.75, 3.05) is 5.32 Å². The van der Waals surface area contributed by atoms with Crippen molar-refractivity contribution in [1.82, 2.24) is 0 Å². The molecule has 0 fully saturated rings. The first-order valence-corrected chi connectivity index (χ1v) is 8.14. The Kier molecular flexibility index (Phi) is 4.52. The molecule has 0 saturated heterocycles. The lowest BCUT2D eigenvalue weighted by atomic mass is 10.1. The van der Waals surface area contributed by atoms with E-state index < -0.39 is 0 Å². The average Bonchev–Trinajstić information content (AvgIpc) is 2.98. The van der Waals surface area contributed by atoms with Crippen molar-refractivity contribution in [3.8, 4) is 11.3 Å². The number of hydrogen-bond donors (Lipinski definition) is 1. The van der Waals surface area contributed by atoms with Gasteiger partial charge in [-0.15, -0.1) is 0 Å². The Bertz CT molecular complexity index is 843. The molecule has 3 aromatic rings. The van der Waals surface area contributed by atoms with Crippen LogP contribution in [0, 0.1) is 13.8 Å². The van der Waals surface area contributed by atoms with Crippen molar-refractivity contribution in [2.45, 2.75) is 27.2 Å². The summed E-state index contributed by atoms with van der Waals surface area (Å²) in [5.41, 5.74) is 4.75. The van der Waals surface area contributed by atoms with Gasteiger partial charge in [-0.3, -0.25) is 4.79 Å². The van der Waals surface area contributed by atoms with Gasteiger partial charge in [0, 0.05) is 11.3 Å². The van der Waals surface area contributed by atoms with Crippen LogP contribution in [0.25, 0.3) is 11.3 Å². The second kappa shape index (κ2) is 6.75. The Morgan fingerprint density at radius 2 is 1.67 bits per heavy atom. The molecule has 0 aliphatic rings. The van der Waals surface area contributed by atoms with Crippen LogP contribution in [0.2, 0.25) is 0 Å². The highest BCUT2D eigenvalue weighted by Gasteiger charge is 2.16. The van der Waals surface area contributed by atoms with Crippen LogP contribution < -0.4 is 5.32 Å². The second-order valence-corrected chi connectivity index (χ2v) is 5.95. The molecule has 0 aliphatic heterocycles. The van der Waals surface area contributed by atoms with Gasteiger partial charge in [0.15, 0.2) is 0 Å². The standard InChI is InChI=1S/C21H21NO2/c1-4-16-7-11-18(12-8-16)22-21(23)19-13-20(24-15(19)3)17-9-5-14(2)6-10-17/h5-13H,4H2,1-3H3,(H,22,23). The number of amides is 1. The number of aryl methyl sites for hydroxylation is 3. The summed E-state index contributed by atoms with van der Waals surface area (Å²) in [5.74, 6) is 1.17. The van der Waals surface area contributed by atoms with Crippen LogP contribution in [-0.2, 0) is 6.42 Å². The van der Waals surface area contributed by atoms with E-state index in [1.54, 1.807) is 6.07 Å². The highest BCUT2D eigenvalue weighted by Crippen LogP contribution is 2.26. The summed E-state index contributed by atoms with van der Waals surface area (Å²) < 4.78 is 5.78. The van der Waals surface area contributed by atoms with Crippen LogP contribution in [0.3, 0.4) is 0 Å². The van der Waals surface area contributed by atoms with Gasteiger partial charge in [0.05, 0.1) is 5.56 Å². The Balaban J connectivity index is 1.81. The highest BCUT2D eigenvalue weighted by molar-refractivity contribution is 6.05. The van der Waals surface area contributed by atoms with Gasteiger partial charge in [-0.1, -0.05) is 48.9 Å². The van der Waals surface area contributed by atoms with E-state index in [2.05, 4.69) is 12.2 Å². The predicted molar refractivity (Wildman–Crippen MR) is 97.4 cm³/mol. The van der Waals surface area contributed by atoms with Crippen molar-refractivity contribution in [1.29, 1.82) is 0 Å². The van der Waals surface area contributed by atoms with Crippen molar-refractivity contribution < 1.29 is 9.21 Å². The van der Waals surface area contributed by atoms with E-state index in [1.807, 2.05) is 62.4 Å². The highest BCUT2D eigenvalue weighted by atomic mass is 16.3. The number of carbonyl (C=O) groups is 1. The van der Waals surface area contributed by atoms with Crippen LogP contribution in [0.4, 0.5) is 5.69 Å². The zero-order chi connectivity index (χ0) is 17.1. The molecule has 0 radical (unpaired) electrons. The first-order chi connectivity index (χ1) is 11.6. The molecular weight excluding hydrogens is 298 g/mol. The number of benzene rings is 2. The molecule has 0 bridgehead atoms. The molecule has 1 amide bonds. The summed E-state index contributed by atoms with van der Waals surface area (Å²) in [4.78, 5) is 12.5. The maximum atomic E-state index is 12.5. The average molecular weight is 319 g/mol. The Morgan fingerprint density at radius 3 is 2.29 bits per heavy atom. The van der Waals surface area contributed by atoms with Gasteiger partial charge in [-0.05, 0) is 44.0 Å². The summed E-state index contributed by atoms with van der Waals surface area (Å²) in [6.07, 6.45) is 0.981. The van der Waals surface area contributed by atoms with E-state index in [0.717, 1.165) is 17.7 Å². The van der Waals surface area contributed by atoms with Gasteiger partial charge < -0.3 is 9.73 Å². The van der Waals surface area contributed by atoms with Crippen LogP contribution in [0.1, 0.15) is 34.2 Å². The largest absolute Gasteiger partial charge is 0.461 e. The summed E-state index contributed by atoms with van der Waals surface area (Å²) >= 11 is 0. The molecule has 0 unspecified atom stereocenters. The maximum Gasteiger partial charge on any atom is 0.259 e. The molecule has 1 aromatic heterocycles. The number of hydrogen-bond acceptors (Lipinski definition) is 2. The van der Waals surface area contributed by atoms with Crippen LogP contribution in [0.15, 0.2) is 59.0 Å². The fourth-order valence-corrected chi connectivity index (χ4v) is 2.59. The first-order valence-electron chi connectivity index (χ1n) is 8.14. The fourth-order valence-electron chi connectivity index (χ4n) is 2.59. The first kappa shape index (κ1) is 16.1. The molecule has 3 heteroatoms. The summed E-state index contributed by atoms with van der Waals surface area (Å²) in [6.45, 7) is 5.96. The zero-order valence-electron chi connectivity index (χ0n) is 14.2. The van der Waals surface area contributed by atoms with Crippen molar-refractivity contribution in [3.05, 3.63) is 77.0 Å². The lowest BCUT2D eigenvalue weighted by Crippen LogP contribution is -2.12. The predicted octanol–water partition coefficient (Wildman–Crippen LogP) is 5.38. The molecule has 1 N–H and O–H groups in total. The molecule has 1 heterocycles. The fraction of sp³-hybridized carbons (Fsp3) is 0.190. The van der Waals surface area contributed by atoms with Crippen LogP contribution in [-0.4, -0.2) is 5.91 Å². The molecule has 2 aromatic carbocycles. The minimum absolute atomic E-state index is 0.154. The maximum absolute atomic E-state index is 12.5. The smallest absolute Gasteiger partial charge is 0.259 e. The van der Waals surface area contributed by atoms with Crippen molar-refractivity contribution in [3.63, 3.8) is 0 Å². The molecule has 0 atom stereocenters. The van der Waals surface area contributed by atoms with Gasteiger partial charge in [0.1, 0.15) is 11.5 Å². The number of furan rings is 1. The Morgan fingerprint density at radius 1 is 1.00 bits per heavy atom. The number of rotatable bonds is 4. The van der Waals surface area contributed by atoms with E-state index in [9.17, 15) is 4.79 Å². The molecule has 3 nitrogen and oxygen atoms in total. The van der Waals surface area contributed by atoms with Gasteiger partial charge in [-0.25, -0.2) is 0 Å². The summed E-state index contributed by atoms with van der Waals surface area (Å²) in [5, 5.41) is 2.93. The molecule has 24 heavy (non-hydrogen) atoms. The van der Waals surface area contributed by atoms with Crippen LogP contribution >= 0.6 is 0 Å². The van der Waals surface area contributed by atoms with Gasteiger partial charge in [0.2, 0.25) is 0 Å². The second-order valence-electron chi connectivity index (χ2n) is 5.95. The molecule has 0 aliphatic carbocycles. The molecular formula is C21H21NO2. The Hall–Kier alpha value is -2.81. The normalized spacial score (nSPS) is 10.6. The summed E-state index contributed by atoms with van der Waals surface area (Å²) in [7, 11) is 0. The molecule has 3 rings (SSSR count). The Labute approximate surface area is 142 Å². The monoisotopic (exact) mass is 319 g/mol. The van der Waals surface area contributed by atoms with Crippen molar-refractivity contribution >= 4 is 11.6 Å². The molecule has 122 valence electrons. The van der Waals surface area contributed by atoms with Gasteiger partial charge in [0.25, 0.3) is 5.91 Å². The number of carbonyl (C=O) groups excluding carboxylic acids is 1. The third kappa shape index (κ3) is 3.40. The van der Waals surface area contributed by atoms with Gasteiger partial charge >= 0.3 is 0 Å². The van der Waals surface area contributed by atoms with E-state index in [4.69, 9.17) is 4.42 Å². The van der Waals surface area contributed by atoms with Gasteiger partial charge in [-0.2, -0.15) is 0 Å². The van der Waals surface area contributed by atoms with Crippen LogP contribution in [0.5, 0.6) is 0 Å². The third-order valence-electron chi connectivity index (χ3n) is 4.12. The van der Waals surface area contributed by atoms with E-state index >= 15 is 0 Å². The van der Waals surface area contributed by atoms with E-state index in [1.165, 1.54) is 11.1 Å². The summed E-state index contributed by atoms with van der Waals surface area (Å²) in [6, 6.07) is 17.8. The SMILES string of the molecule is CCc1ccc(NC(=O)c2cc(-c3ccc(C)cc3)oc2C)cc1. The number of nitrogens with one attached hydrogen (secondary N) is 1. The molecule has 0 saturated carbocycles. The quantitative estimate of drug-likeness (QED) is 0.701. The van der Waals surface area contributed by atoms with E-state index in [0.29, 0.717) is 17.1 Å².